The van der Waals surface area contributed by atoms with Gasteiger partial charge >= 0.3 is 0 Å². The molecule has 6 heteroatoms. The molecule has 2 aromatic heterocycles. The lowest BCUT2D eigenvalue weighted by atomic mass is 10.3. The highest BCUT2D eigenvalue weighted by molar-refractivity contribution is 5.70. The van der Waals surface area contributed by atoms with Crippen LogP contribution in [0.25, 0.3) is 16.7 Å². The van der Waals surface area contributed by atoms with Crippen LogP contribution in [0.5, 0.6) is 0 Å². The van der Waals surface area contributed by atoms with Gasteiger partial charge in [0.1, 0.15) is 0 Å². The van der Waals surface area contributed by atoms with Crippen molar-refractivity contribution in [3.63, 3.8) is 0 Å². The highest BCUT2D eigenvalue weighted by atomic mass is 16.5. The number of nitrogens with zero attached hydrogens (tertiary/aromatic N) is 3. The number of para-hydroxylation sites is 2. The zero-order valence-corrected chi connectivity index (χ0v) is 8.87. The van der Waals surface area contributed by atoms with Crippen molar-refractivity contribution >= 4 is 16.7 Å². The van der Waals surface area contributed by atoms with Crippen LogP contribution in [0.1, 0.15) is 0 Å². The number of rotatable bonds is 1. The molecule has 3 rings (SSSR count). The van der Waals surface area contributed by atoms with Crippen LogP contribution in [0.3, 0.4) is 0 Å². The number of fused-ring (bicyclic) bond motifs is 1. The fourth-order valence-corrected chi connectivity index (χ4v) is 1.75. The SMILES string of the molecule is Nc1cc[n+]([O-])cc1-[n+]1[nH]nc2ccccc21. The summed E-state index contributed by atoms with van der Waals surface area (Å²) in [7, 11) is 0. The second kappa shape index (κ2) is 3.44. The first-order valence-corrected chi connectivity index (χ1v) is 5.09. The normalized spacial score (nSPS) is 10.8. The molecule has 3 N–H and O–H groups in total. The van der Waals surface area contributed by atoms with Gasteiger partial charge in [-0.3, -0.25) is 0 Å². The van der Waals surface area contributed by atoms with Gasteiger partial charge in [0.2, 0.25) is 22.9 Å². The van der Waals surface area contributed by atoms with Gasteiger partial charge in [-0.05, 0) is 12.1 Å². The molecule has 84 valence electrons. The molecule has 0 unspecified atom stereocenters. The van der Waals surface area contributed by atoms with Gasteiger partial charge in [0.15, 0.2) is 6.20 Å². The molecular formula is C11H10N5O+. The number of benzene rings is 1. The molecule has 0 aliphatic rings. The highest BCUT2D eigenvalue weighted by Gasteiger charge is 2.18. The topological polar surface area (TPSA) is 85.5 Å². The fraction of sp³-hybridized carbons (Fsp3) is 0. The number of nitrogens with one attached hydrogen (secondary N) is 1. The molecule has 2 heterocycles. The van der Waals surface area contributed by atoms with E-state index in [2.05, 4.69) is 10.3 Å². The summed E-state index contributed by atoms with van der Waals surface area (Å²) >= 11 is 0. The molecule has 0 radical (unpaired) electrons. The van der Waals surface area contributed by atoms with E-state index in [1.165, 1.54) is 12.4 Å². The monoisotopic (exact) mass is 228 g/mol. The first-order chi connectivity index (χ1) is 8.25. The van der Waals surface area contributed by atoms with Crippen molar-refractivity contribution in [3.8, 4) is 5.69 Å². The Bertz CT molecular complexity index is 691. The Balaban J connectivity index is 2.31. The summed E-state index contributed by atoms with van der Waals surface area (Å²) in [6.45, 7) is 0. The zero-order chi connectivity index (χ0) is 11.8. The Morgan fingerprint density at radius 3 is 2.94 bits per heavy atom. The molecule has 0 aliphatic carbocycles. The Kier molecular flexibility index (Phi) is 1.94. The third-order valence-electron chi connectivity index (χ3n) is 2.58. The van der Waals surface area contributed by atoms with E-state index in [1.807, 2.05) is 24.3 Å². The van der Waals surface area contributed by atoms with Crippen LogP contribution in [0, 0.1) is 5.21 Å². The number of aromatic amines is 1. The van der Waals surface area contributed by atoms with E-state index in [-0.39, 0.29) is 0 Å². The van der Waals surface area contributed by atoms with Gasteiger partial charge < -0.3 is 10.9 Å². The number of hydrogen-bond donors (Lipinski definition) is 2. The molecule has 0 bridgehead atoms. The first kappa shape index (κ1) is 9.59. The minimum atomic E-state index is 0.511. The van der Waals surface area contributed by atoms with Crippen molar-refractivity contribution in [2.45, 2.75) is 0 Å². The second-order valence-electron chi connectivity index (χ2n) is 3.68. The van der Waals surface area contributed by atoms with Crippen LogP contribution < -0.4 is 15.1 Å². The number of nitrogens with two attached hydrogens (primary N) is 1. The smallest absolute Gasteiger partial charge is 0.249 e. The summed E-state index contributed by atoms with van der Waals surface area (Å²) in [6.07, 6.45) is 2.76. The van der Waals surface area contributed by atoms with Gasteiger partial charge in [-0.1, -0.05) is 17.3 Å². The summed E-state index contributed by atoms with van der Waals surface area (Å²) in [5, 5.41) is 18.3. The van der Waals surface area contributed by atoms with E-state index in [4.69, 9.17) is 5.73 Å². The second-order valence-corrected chi connectivity index (χ2v) is 3.68. The molecule has 0 saturated heterocycles. The molecule has 0 spiro atoms. The molecule has 6 nitrogen and oxygen atoms in total. The minimum absolute atomic E-state index is 0.511. The summed E-state index contributed by atoms with van der Waals surface area (Å²) in [5.74, 6) is 0. The largest absolute Gasteiger partial charge is 0.619 e. The Labute approximate surface area is 96.5 Å². The predicted octanol–water partition coefficient (Wildman–Crippen LogP) is 0.0552. The van der Waals surface area contributed by atoms with Crippen molar-refractivity contribution in [1.82, 2.24) is 10.3 Å². The van der Waals surface area contributed by atoms with Gasteiger partial charge in [-0.15, -0.1) is 4.68 Å². The predicted molar refractivity (Wildman–Crippen MR) is 61.0 cm³/mol. The van der Waals surface area contributed by atoms with Crippen LogP contribution in [-0.4, -0.2) is 10.3 Å². The third kappa shape index (κ3) is 1.46. The Morgan fingerprint density at radius 1 is 1.24 bits per heavy atom. The lowest BCUT2D eigenvalue weighted by molar-refractivity contribution is -0.656. The number of H-pyrrole nitrogens is 1. The number of pyridine rings is 1. The first-order valence-electron chi connectivity index (χ1n) is 5.09. The van der Waals surface area contributed by atoms with E-state index in [1.54, 1.807) is 10.7 Å². The van der Waals surface area contributed by atoms with Crippen molar-refractivity contribution in [2.75, 3.05) is 5.73 Å². The Morgan fingerprint density at radius 2 is 2.06 bits per heavy atom. The molecule has 0 atom stereocenters. The average molecular weight is 228 g/mol. The molecular weight excluding hydrogens is 218 g/mol. The molecule has 0 saturated carbocycles. The van der Waals surface area contributed by atoms with Gasteiger partial charge in [-0.2, -0.15) is 4.73 Å². The van der Waals surface area contributed by atoms with E-state index < -0.39 is 0 Å². The van der Waals surface area contributed by atoms with E-state index >= 15 is 0 Å². The van der Waals surface area contributed by atoms with Gasteiger partial charge in [0.25, 0.3) is 0 Å². The van der Waals surface area contributed by atoms with Crippen molar-refractivity contribution < 1.29 is 9.41 Å². The summed E-state index contributed by atoms with van der Waals surface area (Å²) in [6, 6.07) is 9.15. The van der Waals surface area contributed by atoms with Crippen LogP contribution in [0.2, 0.25) is 0 Å². The lowest BCUT2D eigenvalue weighted by Crippen LogP contribution is -2.38. The van der Waals surface area contributed by atoms with Gasteiger partial charge in [-0.25, -0.2) is 0 Å². The lowest BCUT2D eigenvalue weighted by Gasteiger charge is -2.00. The molecule has 1 aromatic carbocycles. The molecule has 0 fully saturated rings. The highest BCUT2D eigenvalue weighted by Crippen LogP contribution is 2.11. The maximum absolute atomic E-state index is 11.3. The van der Waals surface area contributed by atoms with Crippen molar-refractivity contribution in [3.05, 3.63) is 47.9 Å². The maximum Gasteiger partial charge on any atom is 0.249 e. The molecule has 0 aliphatic heterocycles. The van der Waals surface area contributed by atoms with Crippen molar-refractivity contribution in [1.29, 1.82) is 0 Å². The molecule has 3 aromatic rings. The maximum atomic E-state index is 11.3. The number of nitrogen functional groups attached to an aromatic ring is 1. The number of anilines is 1. The van der Waals surface area contributed by atoms with E-state index in [9.17, 15) is 5.21 Å². The van der Waals surface area contributed by atoms with Crippen LogP contribution in [0.15, 0.2) is 42.7 Å². The van der Waals surface area contributed by atoms with Crippen LogP contribution in [0.4, 0.5) is 5.69 Å². The van der Waals surface area contributed by atoms with Gasteiger partial charge in [0.05, 0.1) is 5.69 Å². The zero-order valence-electron chi connectivity index (χ0n) is 8.87. The van der Waals surface area contributed by atoms with Crippen molar-refractivity contribution in [2.24, 2.45) is 0 Å². The molecule has 0 amide bonds. The summed E-state index contributed by atoms with van der Waals surface area (Å²) in [5.41, 5.74) is 8.62. The summed E-state index contributed by atoms with van der Waals surface area (Å²) in [4.78, 5) is 0. The van der Waals surface area contributed by atoms with Crippen LogP contribution >= 0.6 is 0 Å². The van der Waals surface area contributed by atoms with E-state index in [0.717, 1.165) is 11.0 Å². The van der Waals surface area contributed by atoms with Gasteiger partial charge in [0, 0.05) is 11.2 Å². The number of hydrogen-bond acceptors (Lipinski definition) is 3. The van der Waals surface area contributed by atoms with E-state index in [0.29, 0.717) is 16.1 Å². The summed E-state index contributed by atoms with van der Waals surface area (Å²) < 4.78 is 2.38. The Hall–Kier alpha value is -2.63. The minimum Gasteiger partial charge on any atom is -0.619 e. The third-order valence-corrected chi connectivity index (χ3v) is 2.58. The molecule has 17 heavy (non-hydrogen) atoms. The standard InChI is InChI=1S/C11H9N5O/c12-8-5-6-15(17)7-11(8)16-10-4-2-1-3-9(10)13-14-16/h1-7H,12H2/p+1. The fourth-order valence-electron chi connectivity index (χ4n) is 1.75. The quantitative estimate of drug-likeness (QED) is 0.456. The van der Waals surface area contributed by atoms with Crippen LogP contribution in [-0.2, 0) is 0 Å². The average Bonchev–Trinajstić information content (AvgIpc) is 2.76. The number of aromatic nitrogens is 4.